The largest absolute Gasteiger partial charge is 0.491 e. The summed E-state index contributed by atoms with van der Waals surface area (Å²) in [5, 5.41) is 2.88. The summed E-state index contributed by atoms with van der Waals surface area (Å²) in [6.07, 6.45) is -4.54. The molecule has 28 heavy (non-hydrogen) atoms. The van der Waals surface area contributed by atoms with Gasteiger partial charge in [-0.05, 0) is 24.3 Å². The van der Waals surface area contributed by atoms with Gasteiger partial charge in [0.2, 0.25) is 11.8 Å². The van der Waals surface area contributed by atoms with Gasteiger partial charge in [-0.2, -0.15) is 13.2 Å². The molecule has 0 saturated carbocycles. The highest BCUT2D eigenvalue weighted by Gasteiger charge is 2.38. The first-order chi connectivity index (χ1) is 13.3. The number of halogens is 3. The van der Waals surface area contributed by atoms with Crippen molar-refractivity contribution in [2.24, 2.45) is 5.92 Å². The topological polar surface area (TPSA) is 58.6 Å². The molecule has 2 aromatic rings. The highest BCUT2D eigenvalue weighted by atomic mass is 19.4. The van der Waals surface area contributed by atoms with E-state index in [2.05, 4.69) is 5.32 Å². The lowest BCUT2D eigenvalue weighted by atomic mass is 10.1. The summed E-state index contributed by atoms with van der Waals surface area (Å²) in [5.74, 6) is -0.605. The lowest BCUT2D eigenvalue weighted by molar-refractivity contribution is -0.137. The number of ether oxygens (including phenoxy) is 1. The Morgan fingerprint density at radius 3 is 2.71 bits per heavy atom. The molecule has 0 spiro atoms. The van der Waals surface area contributed by atoms with Crippen molar-refractivity contribution >= 4 is 17.5 Å². The number of carbonyl (C=O) groups excluding carboxylic acids is 2. The van der Waals surface area contributed by atoms with Crippen LogP contribution >= 0.6 is 0 Å². The Kier molecular flexibility index (Phi) is 4.49. The highest BCUT2D eigenvalue weighted by Crippen LogP contribution is 2.35. The molecule has 2 aliphatic rings. The molecule has 0 aliphatic carbocycles. The summed E-state index contributed by atoms with van der Waals surface area (Å²) in [4.78, 5) is 26.2. The molecular formula is C20H17F3N2O3. The standard InChI is InChI=1S/C20H17F3N2O3/c21-20(22,23)13-4-3-5-14(9-13)25-10-12(8-18(25)26)19(27)24-16-11-28-17-7-2-1-6-15(16)17/h1-7,9,12,16H,8,10-11H2,(H,24,27)/t12-,16-/m0/s1. The molecule has 5 nitrogen and oxygen atoms in total. The quantitative estimate of drug-likeness (QED) is 0.875. The molecule has 2 atom stereocenters. The van der Waals surface area contributed by atoms with Crippen LogP contribution in [0.4, 0.5) is 18.9 Å². The number of para-hydroxylation sites is 1. The molecule has 146 valence electrons. The van der Waals surface area contributed by atoms with E-state index in [4.69, 9.17) is 4.74 Å². The highest BCUT2D eigenvalue weighted by molar-refractivity contribution is 6.00. The van der Waals surface area contributed by atoms with Crippen molar-refractivity contribution in [3.8, 4) is 5.75 Å². The number of carbonyl (C=O) groups is 2. The van der Waals surface area contributed by atoms with E-state index in [0.29, 0.717) is 12.4 Å². The van der Waals surface area contributed by atoms with Crippen LogP contribution in [0.3, 0.4) is 0 Å². The Hall–Kier alpha value is -3.03. The van der Waals surface area contributed by atoms with Crippen molar-refractivity contribution in [3.63, 3.8) is 0 Å². The molecule has 2 aliphatic heterocycles. The molecule has 0 radical (unpaired) electrons. The lowest BCUT2D eigenvalue weighted by Crippen LogP contribution is -2.36. The average Bonchev–Trinajstić information content (AvgIpc) is 3.25. The van der Waals surface area contributed by atoms with Gasteiger partial charge in [0.25, 0.3) is 0 Å². The zero-order valence-electron chi connectivity index (χ0n) is 14.7. The fraction of sp³-hybridized carbons (Fsp3) is 0.300. The summed E-state index contributed by atoms with van der Waals surface area (Å²) in [5.41, 5.74) is 0.185. The van der Waals surface area contributed by atoms with Crippen molar-refractivity contribution in [2.75, 3.05) is 18.1 Å². The second-order valence-corrected chi connectivity index (χ2v) is 6.86. The number of alkyl halides is 3. The maximum absolute atomic E-state index is 12.9. The fourth-order valence-electron chi connectivity index (χ4n) is 3.55. The molecule has 4 rings (SSSR count). The van der Waals surface area contributed by atoms with Crippen LogP contribution in [0.5, 0.6) is 5.75 Å². The van der Waals surface area contributed by atoms with Crippen LogP contribution in [0, 0.1) is 5.92 Å². The number of anilines is 1. The number of fused-ring (bicyclic) bond motifs is 1. The van der Waals surface area contributed by atoms with E-state index < -0.39 is 17.7 Å². The van der Waals surface area contributed by atoms with Gasteiger partial charge in [0.1, 0.15) is 12.4 Å². The number of amides is 2. The second kappa shape index (κ2) is 6.85. The first-order valence-electron chi connectivity index (χ1n) is 8.82. The van der Waals surface area contributed by atoms with Crippen molar-refractivity contribution < 1.29 is 27.5 Å². The third kappa shape index (κ3) is 3.42. The van der Waals surface area contributed by atoms with Crippen molar-refractivity contribution in [1.82, 2.24) is 5.32 Å². The molecule has 0 unspecified atom stereocenters. The molecule has 2 amide bonds. The number of hydrogen-bond acceptors (Lipinski definition) is 3. The van der Waals surface area contributed by atoms with E-state index in [9.17, 15) is 22.8 Å². The van der Waals surface area contributed by atoms with Crippen LogP contribution in [0.15, 0.2) is 48.5 Å². The van der Waals surface area contributed by atoms with Gasteiger partial charge in [0, 0.05) is 24.2 Å². The molecule has 8 heteroatoms. The molecule has 2 aromatic carbocycles. The molecule has 1 saturated heterocycles. The number of nitrogens with zero attached hydrogens (tertiary/aromatic N) is 1. The molecule has 0 aromatic heterocycles. The normalized spacial score (nSPS) is 21.4. The predicted octanol–water partition coefficient (Wildman–Crippen LogP) is 3.31. The van der Waals surface area contributed by atoms with Crippen LogP contribution in [-0.2, 0) is 15.8 Å². The Balaban J connectivity index is 1.46. The van der Waals surface area contributed by atoms with Gasteiger partial charge in [-0.15, -0.1) is 0 Å². The number of hydrogen-bond donors (Lipinski definition) is 1. The smallest absolute Gasteiger partial charge is 0.416 e. The Morgan fingerprint density at radius 2 is 1.93 bits per heavy atom. The summed E-state index contributed by atoms with van der Waals surface area (Å²) in [6.45, 7) is 0.351. The van der Waals surface area contributed by atoms with Gasteiger partial charge in [0.05, 0.1) is 17.5 Å². The van der Waals surface area contributed by atoms with Crippen LogP contribution in [0.25, 0.3) is 0 Å². The van der Waals surface area contributed by atoms with Gasteiger partial charge in [-0.1, -0.05) is 24.3 Å². The lowest BCUT2D eigenvalue weighted by Gasteiger charge is -2.19. The van der Waals surface area contributed by atoms with Crippen LogP contribution in [0.2, 0.25) is 0 Å². The van der Waals surface area contributed by atoms with Gasteiger partial charge in [-0.25, -0.2) is 0 Å². The minimum Gasteiger partial charge on any atom is -0.491 e. The maximum Gasteiger partial charge on any atom is 0.416 e. The first-order valence-corrected chi connectivity index (χ1v) is 8.82. The van der Waals surface area contributed by atoms with E-state index in [0.717, 1.165) is 17.7 Å². The third-order valence-corrected chi connectivity index (χ3v) is 5.00. The molecule has 1 fully saturated rings. The van der Waals surface area contributed by atoms with Crippen molar-refractivity contribution in [2.45, 2.75) is 18.6 Å². The summed E-state index contributed by atoms with van der Waals surface area (Å²) in [7, 11) is 0. The summed E-state index contributed by atoms with van der Waals surface area (Å²) >= 11 is 0. The van der Waals surface area contributed by atoms with E-state index in [-0.39, 0.29) is 36.5 Å². The predicted molar refractivity (Wildman–Crippen MR) is 94.7 cm³/mol. The molecule has 1 N–H and O–H groups in total. The van der Waals surface area contributed by atoms with Gasteiger partial charge in [-0.3, -0.25) is 9.59 Å². The third-order valence-electron chi connectivity index (χ3n) is 5.00. The summed E-state index contributed by atoms with van der Waals surface area (Å²) in [6, 6.07) is 11.6. The Bertz CT molecular complexity index is 929. The van der Waals surface area contributed by atoms with Crippen molar-refractivity contribution in [3.05, 3.63) is 59.7 Å². The SMILES string of the molecule is O=C(N[C@H]1COc2ccccc21)[C@H]1CC(=O)N(c2cccc(C(F)(F)F)c2)C1. The first kappa shape index (κ1) is 18.3. The fourth-order valence-corrected chi connectivity index (χ4v) is 3.55. The number of nitrogens with one attached hydrogen (secondary N) is 1. The molecule has 2 heterocycles. The molecule has 0 bridgehead atoms. The minimum atomic E-state index is -4.49. The van der Waals surface area contributed by atoms with E-state index in [1.807, 2.05) is 24.3 Å². The van der Waals surface area contributed by atoms with Crippen LogP contribution in [-0.4, -0.2) is 25.0 Å². The van der Waals surface area contributed by atoms with E-state index in [1.54, 1.807) is 0 Å². The zero-order chi connectivity index (χ0) is 19.9. The number of rotatable bonds is 3. The maximum atomic E-state index is 12.9. The Morgan fingerprint density at radius 1 is 1.14 bits per heavy atom. The zero-order valence-corrected chi connectivity index (χ0v) is 14.7. The Labute approximate surface area is 159 Å². The monoisotopic (exact) mass is 390 g/mol. The van der Waals surface area contributed by atoms with Crippen LogP contribution in [0.1, 0.15) is 23.6 Å². The van der Waals surface area contributed by atoms with Crippen molar-refractivity contribution in [1.29, 1.82) is 0 Å². The molecular weight excluding hydrogens is 373 g/mol. The van der Waals surface area contributed by atoms with Gasteiger partial charge >= 0.3 is 6.18 Å². The van der Waals surface area contributed by atoms with Gasteiger partial charge in [0.15, 0.2) is 0 Å². The number of benzene rings is 2. The minimum absolute atomic E-state index is 0.0429. The average molecular weight is 390 g/mol. The van der Waals surface area contributed by atoms with Gasteiger partial charge < -0.3 is 15.0 Å². The van der Waals surface area contributed by atoms with E-state index >= 15 is 0 Å². The summed E-state index contributed by atoms with van der Waals surface area (Å²) < 4.78 is 44.3. The second-order valence-electron chi connectivity index (χ2n) is 6.86. The van der Waals surface area contributed by atoms with E-state index in [1.165, 1.54) is 17.0 Å². The van der Waals surface area contributed by atoms with Crippen LogP contribution < -0.4 is 15.0 Å².